The van der Waals surface area contributed by atoms with Gasteiger partial charge in [0.1, 0.15) is 5.82 Å². The van der Waals surface area contributed by atoms with Gasteiger partial charge in [-0.25, -0.2) is 4.39 Å². The topological polar surface area (TPSA) is 24.9 Å². The van der Waals surface area contributed by atoms with Gasteiger partial charge in [0.15, 0.2) is 0 Å². The predicted octanol–water partition coefficient (Wildman–Crippen LogP) is 3.21. The van der Waals surface area contributed by atoms with Crippen LogP contribution in [0, 0.1) is 19.7 Å². The molecule has 0 fully saturated rings. The van der Waals surface area contributed by atoms with E-state index >= 15 is 0 Å². The Morgan fingerprint density at radius 3 is 2.59 bits per heavy atom. The molecule has 0 saturated carbocycles. The third-order valence-corrected chi connectivity index (χ3v) is 4.04. The molecule has 1 atom stereocenters. The lowest BCUT2D eigenvalue weighted by Gasteiger charge is -2.14. The molecule has 0 radical (unpaired) electrons. The lowest BCUT2D eigenvalue weighted by Crippen LogP contribution is -2.16. The molecule has 2 nitrogen and oxygen atoms in total. The van der Waals surface area contributed by atoms with Gasteiger partial charge in [-0.1, -0.05) is 0 Å². The molecule has 2 heterocycles. The second kappa shape index (κ2) is 4.94. The van der Waals surface area contributed by atoms with E-state index in [0.29, 0.717) is 0 Å². The Morgan fingerprint density at radius 1 is 1.29 bits per heavy atom. The number of rotatable bonds is 3. The quantitative estimate of drug-likeness (QED) is 0.904. The molecule has 17 heavy (non-hydrogen) atoms. The molecule has 2 aromatic rings. The highest BCUT2D eigenvalue weighted by Gasteiger charge is 2.16. The molecular weight excluding hydrogens is 235 g/mol. The average molecular weight is 250 g/mol. The fourth-order valence-corrected chi connectivity index (χ4v) is 2.98. The number of thiophene rings is 1. The predicted molar refractivity (Wildman–Crippen MR) is 68.9 cm³/mol. The van der Waals surface area contributed by atoms with E-state index < -0.39 is 0 Å². The maximum absolute atomic E-state index is 13.2. The SMILES string of the molecule is CNC(c1cncc(F)c1)c1cc(C)c(C)s1. The van der Waals surface area contributed by atoms with E-state index in [2.05, 4.69) is 30.2 Å². The zero-order chi connectivity index (χ0) is 12.4. The molecule has 0 spiro atoms. The van der Waals surface area contributed by atoms with Crippen LogP contribution in [0.25, 0.3) is 0 Å². The summed E-state index contributed by atoms with van der Waals surface area (Å²) in [5.74, 6) is -0.298. The molecule has 0 aromatic carbocycles. The van der Waals surface area contributed by atoms with Crippen molar-refractivity contribution in [1.82, 2.24) is 10.3 Å². The van der Waals surface area contributed by atoms with Crippen LogP contribution in [-0.2, 0) is 0 Å². The van der Waals surface area contributed by atoms with E-state index in [1.165, 1.54) is 27.6 Å². The Labute approximate surface area is 105 Å². The molecular formula is C13H15FN2S. The third-order valence-electron chi connectivity index (χ3n) is 2.82. The zero-order valence-electron chi connectivity index (χ0n) is 10.1. The Morgan fingerprint density at radius 2 is 2.06 bits per heavy atom. The summed E-state index contributed by atoms with van der Waals surface area (Å²) in [6.07, 6.45) is 2.93. The summed E-state index contributed by atoms with van der Waals surface area (Å²) in [7, 11) is 1.87. The van der Waals surface area contributed by atoms with Crippen molar-refractivity contribution in [2.24, 2.45) is 0 Å². The van der Waals surface area contributed by atoms with E-state index in [1.54, 1.807) is 17.5 Å². The van der Waals surface area contributed by atoms with Crippen LogP contribution in [0.4, 0.5) is 4.39 Å². The van der Waals surface area contributed by atoms with E-state index in [9.17, 15) is 4.39 Å². The van der Waals surface area contributed by atoms with E-state index in [0.717, 1.165) is 5.56 Å². The summed E-state index contributed by atoms with van der Waals surface area (Å²) in [4.78, 5) is 6.38. The minimum absolute atomic E-state index is 0.00981. The highest BCUT2D eigenvalue weighted by atomic mass is 32.1. The average Bonchev–Trinajstić information content (AvgIpc) is 2.60. The maximum atomic E-state index is 13.2. The van der Waals surface area contributed by atoms with Crippen LogP contribution in [-0.4, -0.2) is 12.0 Å². The van der Waals surface area contributed by atoms with Crippen LogP contribution in [0.5, 0.6) is 0 Å². The Balaban J connectivity index is 2.39. The monoisotopic (exact) mass is 250 g/mol. The smallest absolute Gasteiger partial charge is 0.141 e. The summed E-state index contributed by atoms with van der Waals surface area (Å²) >= 11 is 1.74. The number of halogens is 1. The van der Waals surface area contributed by atoms with Crippen molar-refractivity contribution < 1.29 is 4.39 Å². The van der Waals surface area contributed by atoms with Crippen LogP contribution in [0.15, 0.2) is 24.5 Å². The number of nitrogens with one attached hydrogen (secondary N) is 1. The van der Waals surface area contributed by atoms with Gasteiger partial charge in [0.05, 0.1) is 12.2 Å². The van der Waals surface area contributed by atoms with Crippen molar-refractivity contribution in [3.8, 4) is 0 Å². The number of hydrogen-bond acceptors (Lipinski definition) is 3. The Kier molecular flexibility index (Phi) is 3.54. The first-order chi connectivity index (χ1) is 8.11. The molecule has 1 unspecified atom stereocenters. The van der Waals surface area contributed by atoms with Crippen LogP contribution >= 0.6 is 11.3 Å². The van der Waals surface area contributed by atoms with Crippen LogP contribution < -0.4 is 5.32 Å². The summed E-state index contributed by atoms with van der Waals surface area (Å²) in [5.41, 5.74) is 2.13. The van der Waals surface area contributed by atoms with Gasteiger partial charge in [-0.15, -0.1) is 11.3 Å². The molecule has 1 N–H and O–H groups in total. The second-order valence-electron chi connectivity index (χ2n) is 4.05. The number of nitrogens with zero attached hydrogens (tertiary/aromatic N) is 1. The fourth-order valence-electron chi connectivity index (χ4n) is 1.80. The summed E-state index contributed by atoms with van der Waals surface area (Å²) < 4.78 is 13.2. The molecule has 0 aliphatic heterocycles. The molecule has 2 rings (SSSR count). The summed E-state index contributed by atoms with van der Waals surface area (Å²) in [5, 5.41) is 3.21. The van der Waals surface area contributed by atoms with Crippen molar-refractivity contribution >= 4 is 11.3 Å². The second-order valence-corrected chi connectivity index (χ2v) is 5.33. The van der Waals surface area contributed by atoms with Gasteiger partial charge in [0.2, 0.25) is 0 Å². The first-order valence-electron chi connectivity index (χ1n) is 5.46. The van der Waals surface area contributed by atoms with E-state index in [4.69, 9.17) is 0 Å². The normalized spacial score (nSPS) is 12.7. The first kappa shape index (κ1) is 12.2. The van der Waals surface area contributed by atoms with Crippen molar-refractivity contribution in [2.45, 2.75) is 19.9 Å². The van der Waals surface area contributed by atoms with Gasteiger partial charge >= 0.3 is 0 Å². The molecule has 90 valence electrons. The molecule has 0 aliphatic rings. The van der Waals surface area contributed by atoms with Crippen LogP contribution in [0.3, 0.4) is 0 Å². The van der Waals surface area contributed by atoms with Crippen molar-refractivity contribution in [3.05, 3.63) is 51.2 Å². The number of aryl methyl sites for hydroxylation is 2. The molecule has 0 aliphatic carbocycles. The minimum Gasteiger partial charge on any atom is -0.309 e. The van der Waals surface area contributed by atoms with Crippen molar-refractivity contribution in [1.29, 1.82) is 0 Å². The highest BCUT2D eigenvalue weighted by molar-refractivity contribution is 7.12. The standard InChI is InChI=1S/C13H15FN2S/c1-8-4-12(17-9(8)2)13(15-3)10-5-11(14)7-16-6-10/h4-7,13,15H,1-3H3. The van der Waals surface area contributed by atoms with E-state index in [-0.39, 0.29) is 11.9 Å². The summed E-state index contributed by atoms with van der Waals surface area (Å²) in [6, 6.07) is 3.68. The van der Waals surface area contributed by atoms with E-state index in [1.807, 2.05) is 7.05 Å². The molecule has 2 aromatic heterocycles. The molecule has 4 heteroatoms. The fraction of sp³-hybridized carbons (Fsp3) is 0.308. The first-order valence-corrected chi connectivity index (χ1v) is 6.28. The highest BCUT2D eigenvalue weighted by Crippen LogP contribution is 2.30. The van der Waals surface area contributed by atoms with Gasteiger partial charge < -0.3 is 5.32 Å². The Bertz CT molecular complexity index is 502. The van der Waals surface area contributed by atoms with Crippen LogP contribution in [0.1, 0.15) is 26.9 Å². The largest absolute Gasteiger partial charge is 0.309 e. The number of hydrogen-bond donors (Lipinski definition) is 1. The summed E-state index contributed by atoms with van der Waals surface area (Å²) in [6.45, 7) is 4.19. The molecule has 0 bridgehead atoms. The van der Waals surface area contributed by atoms with Gasteiger partial charge in [0.25, 0.3) is 0 Å². The van der Waals surface area contributed by atoms with Gasteiger partial charge in [-0.3, -0.25) is 4.98 Å². The lowest BCUT2D eigenvalue weighted by atomic mass is 10.1. The van der Waals surface area contributed by atoms with Gasteiger partial charge in [-0.2, -0.15) is 0 Å². The minimum atomic E-state index is -0.298. The van der Waals surface area contributed by atoms with Crippen molar-refractivity contribution in [2.75, 3.05) is 7.05 Å². The molecule has 0 saturated heterocycles. The number of pyridine rings is 1. The molecule has 0 amide bonds. The third kappa shape index (κ3) is 2.53. The zero-order valence-corrected chi connectivity index (χ0v) is 10.9. The van der Waals surface area contributed by atoms with Crippen LogP contribution in [0.2, 0.25) is 0 Å². The maximum Gasteiger partial charge on any atom is 0.141 e. The van der Waals surface area contributed by atoms with Gasteiger partial charge in [-0.05, 0) is 44.2 Å². The lowest BCUT2D eigenvalue weighted by molar-refractivity contribution is 0.610. The Hall–Kier alpha value is -1.26. The van der Waals surface area contributed by atoms with Crippen molar-refractivity contribution in [3.63, 3.8) is 0 Å². The number of aromatic nitrogens is 1. The van der Waals surface area contributed by atoms with Gasteiger partial charge in [0, 0.05) is 16.0 Å².